The Bertz CT molecular complexity index is 552. The Morgan fingerprint density at radius 1 is 1.21 bits per heavy atom. The highest BCUT2D eigenvalue weighted by Crippen LogP contribution is 2.38. The molecule has 2 rings (SSSR count). The predicted octanol–water partition coefficient (Wildman–Crippen LogP) is 3.47. The Labute approximate surface area is 143 Å². The third-order valence-corrected chi connectivity index (χ3v) is 4.43. The summed E-state index contributed by atoms with van der Waals surface area (Å²) >= 11 is 0. The van der Waals surface area contributed by atoms with Gasteiger partial charge in [-0.1, -0.05) is 44.2 Å². The minimum Gasteiger partial charge on any atom is -0.467 e. The fourth-order valence-corrected chi connectivity index (χ4v) is 3.05. The summed E-state index contributed by atoms with van der Waals surface area (Å²) in [6.45, 7) is 3.98. The molecule has 1 fully saturated rings. The highest BCUT2D eigenvalue weighted by Gasteiger charge is 2.41. The number of carbonyl (C=O) groups excluding carboxylic acids is 2. The molecule has 1 saturated carbocycles. The summed E-state index contributed by atoms with van der Waals surface area (Å²) in [6, 6.07) is 9.35. The van der Waals surface area contributed by atoms with E-state index in [2.05, 4.69) is 5.32 Å². The molecule has 0 heterocycles. The number of alkyl carbamates (subject to hydrolysis) is 1. The van der Waals surface area contributed by atoms with E-state index in [1.165, 1.54) is 7.11 Å². The average molecular weight is 333 g/mol. The Morgan fingerprint density at radius 2 is 1.88 bits per heavy atom. The topological polar surface area (TPSA) is 64.6 Å². The Kier molecular flexibility index (Phi) is 6.23. The number of esters is 1. The third-order valence-electron chi connectivity index (χ3n) is 4.43. The normalized spacial score (nSPS) is 16.8. The number of rotatable bonds is 7. The van der Waals surface area contributed by atoms with Crippen molar-refractivity contribution >= 4 is 12.1 Å². The van der Waals surface area contributed by atoms with Crippen LogP contribution in [0.2, 0.25) is 0 Å². The van der Waals surface area contributed by atoms with Crippen LogP contribution in [0.3, 0.4) is 0 Å². The van der Waals surface area contributed by atoms with E-state index in [9.17, 15) is 9.59 Å². The standard InChI is InChI=1S/C19H27NO4/c1-14(2)12-16(17(21)23-3)20-18(22)24-19(10-7-11-19)13-15-8-5-4-6-9-15/h4-6,8-9,14,16H,7,10-13H2,1-3H3,(H,20,22)/t16-/m0/s1. The third kappa shape index (κ3) is 4.98. The SMILES string of the molecule is COC(=O)[C@H](CC(C)C)NC(=O)OC1(Cc2ccccc2)CCC1. The zero-order chi connectivity index (χ0) is 17.6. The number of benzene rings is 1. The van der Waals surface area contributed by atoms with E-state index in [0.29, 0.717) is 12.8 Å². The van der Waals surface area contributed by atoms with Gasteiger partial charge in [-0.15, -0.1) is 0 Å². The lowest BCUT2D eigenvalue weighted by molar-refractivity contribution is -0.143. The Morgan fingerprint density at radius 3 is 2.38 bits per heavy atom. The van der Waals surface area contributed by atoms with Crippen LogP contribution in [0.25, 0.3) is 0 Å². The van der Waals surface area contributed by atoms with Gasteiger partial charge in [0.1, 0.15) is 11.6 Å². The molecule has 0 unspecified atom stereocenters. The molecule has 1 aliphatic carbocycles. The van der Waals surface area contributed by atoms with E-state index < -0.39 is 23.7 Å². The maximum Gasteiger partial charge on any atom is 0.408 e. The van der Waals surface area contributed by atoms with Crippen LogP contribution in [0.15, 0.2) is 30.3 Å². The van der Waals surface area contributed by atoms with Crippen molar-refractivity contribution < 1.29 is 19.1 Å². The number of ether oxygens (including phenoxy) is 2. The number of nitrogens with one attached hydrogen (secondary N) is 1. The zero-order valence-electron chi connectivity index (χ0n) is 14.7. The van der Waals surface area contributed by atoms with Gasteiger partial charge in [0.15, 0.2) is 0 Å². The van der Waals surface area contributed by atoms with Gasteiger partial charge < -0.3 is 14.8 Å². The first-order chi connectivity index (χ1) is 11.4. The average Bonchev–Trinajstić information content (AvgIpc) is 2.51. The number of methoxy groups -OCH3 is 1. The lowest BCUT2D eigenvalue weighted by atomic mass is 9.76. The van der Waals surface area contributed by atoms with Gasteiger partial charge in [0.05, 0.1) is 7.11 Å². The minimum absolute atomic E-state index is 0.261. The van der Waals surface area contributed by atoms with E-state index in [-0.39, 0.29) is 5.92 Å². The molecule has 1 amide bonds. The molecule has 1 aromatic carbocycles. The molecule has 5 heteroatoms. The van der Waals surface area contributed by atoms with E-state index in [0.717, 1.165) is 24.8 Å². The second kappa shape index (κ2) is 8.18. The molecule has 0 spiro atoms. The summed E-state index contributed by atoms with van der Waals surface area (Å²) in [7, 11) is 1.32. The quantitative estimate of drug-likeness (QED) is 0.776. The Balaban J connectivity index is 1.96. The van der Waals surface area contributed by atoms with Crippen LogP contribution in [0, 0.1) is 5.92 Å². The molecule has 132 valence electrons. The number of hydrogen-bond donors (Lipinski definition) is 1. The van der Waals surface area contributed by atoms with E-state index in [1.54, 1.807) is 0 Å². The molecule has 0 radical (unpaired) electrons. The summed E-state index contributed by atoms with van der Waals surface area (Å²) in [6.07, 6.45) is 3.43. The molecule has 1 aliphatic rings. The fourth-order valence-electron chi connectivity index (χ4n) is 3.05. The van der Waals surface area contributed by atoms with Crippen LogP contribution < -0.4 is 5.32 Å². The first-order valence-corrected chi connectivity index (χ1v) is 8.55. The van der Waals surface area contributed by atoms with Crippen molar-refractivity contribution in [1.82, 2.24) is 5.32 Å². The van der Waals surface area contributed by atoms with Gasteiger partial charge >= 0.3 is 12.1 Å². The van der Waals surface area contributed by atoms with Gasteiger partial charge in [-0.05, 0) is 37.2 Å². The van der Waals surface area contributed by atoms with Gasteiger partial charge in [-0.3, -0.25) is 0 Å². The van der Waals surface area contributed by atoms with Crippen molar-refractivity contribution in [2.45, 2.75) is 57.6 Å². The molecule has 1 aromatic rings. The number of hydrogen-bond acceptors (Lipinski definition) is 4. The van der Waals surface area contributed by atoms with Crippen LogP contribution in [-0.4, -0.2) is 30.8 Å². The van der Waals surface area contributed by atoms with Gasteiger partial charge in [-0.25, -0.2) is 9.59 Å². The van der Waals surface area contributed by atoms with Crippen molar-refractivity contribution in [3.63, 3.8) is 0 Å². The van der Waals surface area contributed by atoms with Crippen molar-refractivity contribution in [3.05, 3.63) is 35.9 Å². The van der Waals surface area contributed by atoms with Gasteiger partial charge in [-0.2, -0.15) is 0 Å². The molecule has 0 bridgehead atoms. The number of carbonyl (C=O) groups is 2. The molecule has 24 heavy (non-hydrogen) atoms. The fraction of sp³-hybridized carbons (Fsp3) is 0.579. The molecular formula is C19H27NO4. The van der Waals surface area contributed by atoms with Crippen LogP contribution in [-0.2, 0) is 20.7 Å². The summed E-state index contributed by atoms with van der Waals surface area (Å²) in [5.74, 6) is -0.178. The highest BCUT2D eigenvalue weighted by atomic mass is 16.6. The molecule has 0 aromatic heterocycles. The van der Waals surface area contributed by atoms with Gasteiger partial charge in [0, 0.05) is 6.42 Å². The predicted molar refractivity (Wildman–Crippen MR) is 91.6 cm³/mol. The largest absolute Gasteiger partial charge is 0.467 e. The monoisotopic (exact) mass is 333 g/mol. The van der Waals surface area contributed by atoms with E-state index in [1.807, 2.05) is 44.2 Å². The van der Waals surface area contributed by atoms with Crippen LogP contribution >= 0.6 is 0 Å². The molecule has 1 N–H and O–H groups in total. The van der Waals surface area contributed by atoms with Gasteiger partial charge in [0.2, 0.25) is 0 Å². The maximum atomic E-state index is 12.3. The van der Waals surface area contributed by atoms with E-state index >= 15 is 0 Å². The van der Waals surface area contributed by atoms with Crippen molar-refractivity contribution in [2.75, 3.05) is 7.11 Å². The van der Waals surface area contributed by atoms with Crippen LogP contribution in [0.4, 0.5) is 4.79 Å². The lowest BCUT2D eigenvalue weighted by Crippen LogP contribution is -2.50. The summed E-state index contributed by atoms with van der Waals surface area (Å²) in [4.78, 5) is 24.1. The number of amides is 1. The minimum atomic E-state index is -0.670. The van der Waals surface area contributed by atoms with Crippen molar-refractivity contribution in [3.8, 4) is 0 Å². The van der Waals surface area contributed by atoms with Crippen LogP contribution in [0.1, 0.15) is 45.1 Å². The molecule has 1 atom stereocenters. The molecule has 0 saturated heterocycles. The smallest absolute Gasteiger partial charge is 0.408 e. The van der Waals surface area contributed by atoms with Crippen molar-refractivity contribution in [1.29, 1.82) is 0 Å². The maximum absolute atomic E-state index is 12.3. The first kappa shape index (κ1) is 18.3. The molecule has 0 aliphatic heterocycles. The Hall–Kier alpha value is -2.04. The summed E-state index contributed by atoms with van der Waals surface area (Å²) in [5, 5.41) is 2.67. The molecular weight excluding hydrogens is 306 g/mol. The lowest BCUT2D eigenvalue weighted by Gasteiger charge is -2.41. The molecule has 5 nitrogen and oxygen atoms in total. The summed E-state index contributed by atoms with van der Waals surface area (Å²) < 4.78 is 10.5. The zero-order valence-corrected chi connectivity index (χ0v) is 14.7. The van der Waals surface area contributed by atoms with Crippen molar-refractivity contribution in [2.24, 2.45) is 5.92 Å². The highest BCUT2D eigenvalue weighted by molar-refractivity contribution is 5.81. The van der Waals surface area contributed by atoms with Crippen LogP contribution in [0.5, 0.6) is 0 Å². The summed E-state index contributed by atoms with van der Waals surface area (Å²) in [5.41, 5.74) is 0.695. The first-order valence-electron chi connectivity index (χ1n) is 8.55. The second-order valence-electron chi connectivity index (χ2n) is 6.94. The van der Waals surface area contributed by atoms with E-state index in [4.69, 9.17) is 9.47 Å². The van der Waals surface area contributed by atoms with Gasteiger partial charge in [0.25, 0.3) is 0 Å². The second-order valence-corrected chi connectivity index (χ2v) is 6.94.